The van der Waals surface area contributed by atoms with Crippen LogP contribution in [0.3, 0.4) is 0 Å². The summed E-state index contributed by atoms with van der Waals surface area (Å²) in [6.45, 7) is 2.07. The van der Waals surface area contributed by atoms with Crippen LogP contribution in [0.15, 0.2) is 34.2 Å². The number of rotatable bonds is 3. The highest BCUT2D eigenvalue weighted by Crippen LogP contribution is 2.34. The molecule has 6 heteroatoms. The highest BCUT2D eigenvalue weighted by Gasteiger charge is 2.21. The van der Waals surface area contributed by atoms with Gasteiger partial charge in [-0.05, 0) is 43.7 Å². The Morgan fingerprint density at radius 2 is 2.00 bits per heavy atom. The fraction of sp³-hybridized carbons (Fsp3) is 0.333. The van der Waals surface area contributed by atoms with Crippen molar-refractivity contribution >= 4 is 33.3 Å². The van der Waals surface area contributed by atoms with Crippen LogP contribution in [0.5, 0.6) is 0 Å². The SMILES string of the molecule is Cc1ccc(CSc2nc3sc4c(c3c(=O)n2N)CCCC4)cc1. The van der Waals surface area contributed by atoms with Crippen molar-refractivity contribution in [2.75, 3.05) is 5.84 Å². The van der Waals surface area contributed by atoms with Crippen LogP contribution in [-0.4, -0.2) is 9.66 Å². The molecular weight excluding hydrogens is 338 g/mol. The first-order valence-corrected chi connectivity index (χ1v) is 9.94. The number of nitrogen functional groups attached to an aromatic ring is 1. The standard InChI is InChI=1S/C18H19N3OS2/c1-11-6-8-12(9-7-11)10-23-18-20-16-15(17(22)21(18)19)13-4-2-3-5-14(13)24-16/h6-9H,2-5,10,19H2,1H3. The zero-order valence-electron chi connectivity index (χ0n) is 13.5. The predicted molar refractivity (Wildman–Crippen MR) is 101 cm³/mol. The fourth-order valence-electron chi connectivity index (χ4n) is 3.13. The molecule has 0 bridgehead atoms. The lowest BCUT2D eigenvalue weighted by atomic mass is 9.97. The summed E-state index contributed by atoms with van der Waals surface area (Å²) in [5, 5.41) is 1.34. The van der Waals surface area contributed by atoms with Gasteiger partial charge in [-0.25, -0.2) is 9.66 Å². The van der Waals surface area contributed by atoms with E-state index in [-0.39, 0.29) is 5.56 Å². The van der Waals surface area contributed by atoms with Crippen LogP contribution in [0.2, 0.25) is 0 Å². The van der Waals surface area contributed by atoms with E-state index in [2.05, 4.69) is 31.2 Å². The Morgan fingerprint density at radius 1 is 1.25 bits per heavy atom. The average molecular weight is 358 g/mol. The van der Waals surface area contributed by atoms with E-state index in [9.17, 15) is 4.79 Å². The Balaban J connectivity index is 1.70. The van der Waals surface area contributed by atoms with Crippen molar-refractivity contribution in [2.24, 2.45) is 0 Å². The maximum Gasteiger partial charge on any atom is 0.281 e. The Labute approximate surface area is 148 Å². The molecule has 1 aromatic carbocycles. The van der Waals surface area contributed by atoms with E-state index in [1.807, 2.05) is 0 Å². The third kappa shape index (κ3) is 2.74. The van der Waals surface area contributed by atoms with Crippen LogP contribution in [-0.2, 0) is 18.6 Å². The van der Waals surface area contributed by atoms with Crippen LogP contribution in [0.4, 0.5) is 0 Å². The second-order valence-electron chi connectivity index (χ2n) is 6.23. The van der Waals surface area contributed by atoms with E-state index < -0.39 is 0 Å². The molecule has 4 nitrogen and oxygen atoms in total. The Morgan fingerprint density at radius 3 is 2.79 bits per heavy atom. The van der Waals surface area contributed by atoms with Gasteiger partial charge in [0.15, 0.2) is 5.16 Å². The number of aromatic nitrogens is 2. The second kappa shape index (κ2) is 6.26. The fourth-order valence-corrected chi connectivity index (χ4v) is 5.31. The molecule has 0 radical (unpaired) electrons. The molecule has 0 atom stereocenters. The Hall–Kier alpha value is -1.79. The number of thiophene rings is 1. The van der Waals surface area contributed by atoms with E-state index in [1.54, 1.807) is 11.3 Å². The molecule has 1 aliphatic rings. The molecule has 0 spiro atoms. The zero-order valence-corrected chi connectivity index (χ0v) is 15.2. The number of thioether (sulfide) groups is 1. The Kier molecular flexibility index (Phi) is 4.10. The van der Waals surface area contributed by atoms with E-state index in [0.717, 1.165) is 35.2 Å². The van der Waals surface area contributed by atoms with E-state index in [4.69, 9.17) is 10.8 Å². The van der Waals surface area contributed by atoms with E-state index in [1.165, 1.54) is 44.4 Å². The topological polar surface area (TPSA) is 60.9 Å². The lowest BCUT2D eigenvalue weighted by molar-refractivity contribution is 0.698. The first-order chi connectivity index (χ1) is 11.6. The minimum atomic E-state index is -0.106. The van der Waals surface area contributed by atoms with Crippen molar-refractivity contribution in [2.45, 2.75) is 43.5 Å². The summed E-state index contributed by atoms with van der Waals surface area (Å²) in [4.78, 5) is 19.6. The van der Waals surface area contributed by atoms with Crippen LogP contribution in [0.25, 0.3) is 10.2 Å². The highest BCUT2D eigenvalue weighted by molar-refractivity contribution is 7.98. The quantitative estimate of drug-likeness (QED) is 0.441. The third-order valence-electron chi connectivity index (χ3n) is 4.48. The van der Waals surface area contributed by atoms with E-state index >= 15 is 0 Å². The summed E-state index contributed by atoms with van der Waals surface area (Å²) >= 11 is 3.18. The molecule has 2 heterocycles. The minimum absolute atomic E-state index is 0.106. The number of nitrogens with zero attached hydrogens (tertiary/aromatic N) is 2. The van der Waals surface area contributed by atoms with Gasteiger partial charge in [-0.3, -0.25) is 4.79 Å². The summed E-state index contributed by atoms with van der Waals surface area (Å²) in [7, 11) is 0. The summed E-state index contributed by atoms with van der Waals surface area (Å²) in [6, 6.07) is 8.39. The van der Waals surface area contributed by atoms with Gasteiger partial charge in [0.05, 0.1) is 5.39 Å². The third-order valence-corrected chi connectivity index (χ3v) is 6.69. The molecule has 0 saturated heterocycles. The molecule has 124 valence electrons. The van der Waals surface area contributed by atoms with Crippen molar-refractivity contribution in [3.05, 3.63) is 56.2 Å². The normalized spacial score (nSPS) is 14.0. The van der Waals surface area contributed by atoms with Crippen molar-refractivity contribution in [3.63, 3.8) is 0 Å². The molecule has 3 aromatic rings. The largest absolute Gasteiger partial charge is 0.334 e. The van der Waals surface area contributed by atoms with Crippen molar-refractivity contribution < 1.29 is 0 Å². The van der Waals surface area contributed by atoms with Gasteiger partial charge in [0.2, 0.25) is 0 Å². The Bertz CT molecular complexity index is 957. The molecule has 0 saturated carbocycles. The zero-order chi connectivity index (χ0) is 16.7. The van der Waals surface area contributed by atoms with Crippen LogP contribution in [0, 0.1) is 6.92 Å². The molecule has 2 aromatic heterocycles. The summed E-state index contributed by atoms with van der Waals surface area (Å²) in [5.41, 5.74) is 3.52. The smallest absolute Gasteiger partial charge is 0.281 e. The lowest BCUT2D eigenvalue weighted by Gasteiger charge is -2.10. The van der Waals surface area contributed by atoms with Gasteiger partial charge in [0.25, 0.3) is 5.56 Å². The van der Waals surface area contributed by atoms with Crippen LogP contribution < -0.4 is 11.4 Å². The minimum Gasteiger partial charge on any atom is -0.334 e. The van der Waals surface area contributed by atoms with Gasteiger partial charge in [0, 0.05) is 10.6 Å². The molecule has 24 heavy (non-hydrogen) atoms. The van der Waals surface area contributed by atoms with Crippen LogP contribution in [0.1, 0.15) is 34.4 Å². The number of hydrogen-bond donors (Lipinski definition) is 1. The summed E-state index contributed by atoms with van der Waals surface area (Å²) in [6.07, 6.45) is 4.38. The van der Waals surface area contributed by atoms with Crippen LogP contribution >= 0.6 is 23.1 Å². The van der Waals surface area contributed by atoms with Gasteiger partial charge in [-0.2, -0.15) is 0 Å². The molecular formula is C18H19N3OS2. The number of fused-ring (bicyclic) bond motifs is 3. The molecule has 0 amide bonds. The maximum atomic E-state index is 12.7. The molecule has 0 unspecified atom stereocenters. The molecule has 1 aliphatic carbocycles. The second-order valence-corrected chi connectivity index (χ2v) is 8.26. The monoisotopic (exact) mass is 357 g/mol. The maximum absolute atomic E-state index is 12.7. The summed E-state index contributed by atoms with van der Waals surface area (Å²) in [5.74, 6) is 6.81. The van der Waals surface area contributed by atoms with Crippen molar-refractivity contribution in [1.29, 1.82) is 0 Å². The molecule has 2 N–H and O–H groups in total. The number of hydrogen-bond acceptors (Lipinski definition) is 5. The molecule has 0 fully saturated rings. The van der Waals surface area contributed by atoms with Crippen molar-refractivity contribution in [3.8, 4) is 0 Å². The summed E-state index contributed by atoms with van der Waals surface area (Å²) < 4.78 is 1.22. The van der Waals surface area contributed by atoms with E-state index in [0.29, 0.717) is 5.16 Å². The molecule has 4 rings (SSSR count). The van der Waals surface area contributed by atoms with Gasteiger partial charge < -0.3 is 5.84 Å². The first-order valence-electron chi connectivity index (χ1n) is 8.14. The number of nitrogens with two attached hydrogens (primary N) is 1. The first kappa shape index (κ1) is 15.7. The van der Waals surface area contributed by atoms with Gasteiger partial charge >= 0.3 is 0 Å². The average Bonchev–Trinajstić information content (AvgIpc) is 2.96. The highest BCUT2D eigenvalue weighted by atomic mass is 32.2. The van der Waals surface area contributed by atoms with Crippen molar-refractivity contribution in [1.82, 2.24) is 9.66 Å². The van der Waals surface area contributed by atoms with Gasteiger partial charge in [-0.15, -0.1) is 11.3 Å². The predicted octanol–water partition coefficient (Wildman–Crippen LogP) is 3.65. The lowest BCUT2D eigenvalue weighted by Crippen LogP contribution is -2.30. The number of aryl methyl sites for hydroxylation is 3. The number of benzene rings is 1. The van der Waals surface area contributed by atoms with Gasteiger partial charge in [-0.1, -0.05) is 41.6 Å². The molecule has 0 aliphatic heterocycles. The van der Waals surface area contributed by atoms with Gasteiger partial charge in [0.1, 0.15) is 4.83 Å².